The molecule has 48 heavy (non-hydrogen) atoms. The van der Waals surface area contributed by atoms with Crippen LogP contribution in [0.25, 0.3) is 32.8 Å². The summed E-state index contributed by atoms with van der Waals surface area (Å²) in [5.74, 6) is 0.687. The van der Waals surface area contributed by atoms with Crippen LogP contribution in [0.15, 0.2) is 89.8 Å². The normalized spacial score (nSPS) is 13.3. The fourth-order valence-corrected chi connectivity index (χ4v) is 7.23. The summed E-state index contributed by atoms with van der Waals surface area (Å²) in [4.78, 5) is 14.2. The lowest BCUT2D eigenvalue weighted by molar-refractivity contribution is 0.0683. The van der Waals surface area contributed by atoms with Crippen molar-refractivity contribution in [2.75, 3.05) is 19.5 Å². The third-order valence-electron chi connectivity index (χ3n) is 9.07. The molecule has 0 unspecified atom stereocenters. The van der Waals surface area contributed by atoms with E-state index in [1.165, 1.54) is 4.90 Å². The fourth-order valence-electron chi connectivity index (χ4n) is 6.82. The van der Waals surface area contributed by atoms with Crippen LogP contribution in [-0.4, -0.2) is 44.9 Å². The Morgan fingerprint density at radius 3 is 2.58 bits per heavy atom. The van der Waals surface area contributed by atoms with Gasteiger partial charge in [-0.25, -0.2) is 4.79 Å². The van der Waals surface area contributed by atoms with Crippen LogP contribution in [0.5, 0.6) is 11.5 Å². The second-order valence-electron chi connectivity index (χ2n) is 12.0. The summed E-state index contributed by atoms with van der Waals surface area (Å²) in [5, 5.41) is 18.7. The maximum absolute atomic E-state index is 13.0. The smallest absolute Gasteiger partial charge is 0.352 e. The molecule has 1 aliphatic rings. The SMILES string of the molecule is CSc1ccc(OCc2nn(C)c3c2-c2cccc4c(CCCOc5cccc6ccccc56)c(C(=O)O)n(c24)CCCCOC3)cc1. The van der Waals surface area contributed by atoms with Crippen molar-refractivity contribution in [3.05, 3.63) is 108 Å². The van der Waals surface area contributed by atoms with Crippen molar-refractivity contribution >= 4 is 39.4 Å². The number of benzene rings is 4. The Morgan fingerprint density at radius 1 is 0.958 bits per heavy atom. The van der Waals surface area contributed by atoms with Crippen molar-refractivity contribution in [2.24, 2.45) is 7.05 Å². The van der Waals surface area contributed by atoms with Crippen LogP contribution in [0.3, 0.4) is 0 Å². The molecule has 2 aromatic heterocycles. The van der Waals surface area contributed by atoms with Crippen molar-refractivity contribution in [3.8, 4) is 22.6 Å². The standard InChI is InChI=1S/C39H39N3O5S/c1-41-34-25-45-22-6-5-21-42-37-30(13-8-14-32(37)36(34)33(40-41)24-47-27-17-19-28(48-2)20-18-27)31(38(42)39(43)44)15-9-23-46-35-16-7-11-26-10-3-4-12-29(26)35/h3-4,7-8,10-14,16-20H,5-6,9,15,21-25H2,1-2H3,(H,43,44). The highest BCUT2D eigenvalue weighted by atomic mass is 32.2. The van der Waals surface area contributed by atoms with Crippen LogP contribution in [-0.2, 0) is 38.0 Å². The van der Waals surface area contributed by atoms with Gasteiger partial charge in [0.1, 0.15) is 29.5 Å². The van der Waals surface area contributed by atoms with Gasteiger partial charge in [-0.3, -0.25) is 4.68 Å². The lowest BCUT2D eigenvalue weighted by atomic mass is 9.98. The van der Waals surface area contributed by atoms with E-state index in [2.05, 4.69) is 36.6 Å². The van der Waals surface area contributed by atoms with Crippen LogP contribution < -0.4 is 9.47 Å². The molecule has 246 valence electrons. The van der Waals surface area contributed by atoms with Gasteiger partial charge in [0.25, 0.3) is 0 Å². The first-order valence-corrected chi connectivity index (χ1v) is 17.6. The molecule has 4 aromatic carbocycles. The van der Waals surface area contributed by atoms with E-state index in [0.29, 0.717) is 44.9 Å². The predicted molar refractivity (Wildman–Crippen MR) is 190 cm³/mol. The van der Waals surface area contributed by atoms with Crippen molar-refractivity contribution in [1.29, 1.82) is 0 Å². The molecule has 7 rings (SSSR count). The number of nitrogens with zero attached hydrogens (tertiary/aromatic N) is 3. The second-order valence-corrected chi connectivity index (χ2v) is 12.9. The van der Waals surface area contributed by atoms with Gasteiger partial charge >= 0.3 is 5.97 Å². The number of thioether (sulfide) groups is 1. The number of hydrogen-bond donors (Lipinski definition) is 1. The molecule has 0 spiro atoms. The fraction of sp³-hybridized carbons (Fsp3) is 0.282. The first kappa shape index (κ1) is 31.8. The lowest BCUT2D eigenvalue weighted by Crippen LogP contribution is -2.12. The zero-order chi connectivity index (χ0) is 33.0. The van der Waals surface area contributed by atoms with E-state index < -0.39 is 5.97 Å². The molecular weight excluding hydrogens is 623 g/mol. The highest BCUT2D eigenvalue weighted by molar-refractivity contribution is 7.98. The Hall–Kier alpha value is -4.73. The number of aromatic nitrogens is 3. The van der Waals surface area contributed by atoms with E-state index in [1.807, 2.05) is 70.9 Å². The zero-order valence-electron chi connectivity index (χ0n) is 27.3. The van der Waals surface area contributed by atoms with Crippen molar-refractivity contribution in [1.82, 2.24) is 14.3 Å². The van der Waals surface area contributed by atoms with Gasteiger partial charge in [-0.15, -0.1) is 11.8 Å². The van der Waals surface area contributed by atoms with E-state index in [-0.39, 0.29) is 6.61 Å². The first-order chi connectivity index (χ1) is 23.5. The quantitative estimate of drug-likeness (QED) is 0.116. The molecule has 6 aromatic rings. The Bertz CT molecular complexity index is 2080. The molecule has 0 fully saturated rings. The minimum Gasteiger partial charge on any atom is -0.493 e. The number of hydrogen-bond acceptors (Lipinski definition) is 6. The zero-order valence-corrected chi connectivity index (χ0v) is 28.1. The third-order valence-corrected chi connectivity index (χ3v) is 9.81. The van der Waals surface area contributed by atoms with Gasteiger partial charge in [-0.2, -0.15) is 5.10 Å². The number of para-hydroxylation sites is 1. The number of carboxylic acid groups (broad SMARTS) is 1. The Kier molecular flexibility index (Phi) is 9.40. The highest BCUT2D eigenvalue weighted by Gasteiger charge is 2.28. The molecule has 0 saturated carbocycles. The van der Waals surface area contributed by atoms with Gasteiger partial charge in [-0.1, -0.05) is 54.6 Å². The molecule has 8 nitrogen and oxygen atoms in total. The first-order valence-electron chi connectivity index (χ1n) is 16.4. The van der Waals surface area contributed by atoms with Gasteiger partial charge in [0.2, 0.25) is 0 Å². The van der Waals surface area contributed by atoms with Gasteiger partial charge < -0.3 is 23.9 Å². The molecule has 0 atom stereocenters. The summed E-state index contributed by atoms with van der Waals surface area (Å²) in [7, 11) is 1.93. The summed E-state index contributed by atoms with van der Waals surface area (Å²) < 4.78 is 22.5. The molecule has 0 saturated heterocycles. The molecule has 0 aliphatic carbocycles. The number of ether oxygens (including phenoxy) is 3. The van der Waals surface area contributed by atoms with Gasteiger partial charge in [-0.05, 0) is 73.2 Å². The van der Waals surface area contributed by atoms with Crippen molar-refractivity contribution in [3.63, 3.8) is 0 Å². The average Bonchev–Trinajstić information content (AvgIpc) is 3.59. The number of aromatic carboxylic acids is 1. The summed E-state index contributed by atoms with van der Waals surface area (Å²) in [5.41, 5.74) is 5.71. The molecular formula is C39H39N3O5S. The maximum atomic E-state index is 13.0. The van der Waals surface area contributed by atoms with E-state index in [0.717, 1.165) is 74.1 Å². The number of fused-ring (bicyclic) bond motifs is 3. The van der Waals surface area contributed by atoms with Crippen molar-refractivity contribution in [2.45, 2.75) is 50.3 Å². The summed E-state index contributed by atoms with van der Waals surface area (Å²) in [6.07, 6.45) is 4.93. The predicted octanol–water partition coefficient (Wildman–Crippen LogP) is 8.52. The average molecular weight is 662 g/mol. The number of carboxylic acids is 1. The van der Waals surface area contributed by atoms with Gasteiger partial charge in [0.05, 0.1) is 24.4 Å². The molecule has 1 aliphatic heterocycles. The number of aryl methyl sites for hydroxylation is 3. The largest absolute Gasteiger partial charge is 0.493 e. The Labute approximate surface area is 284 Å². The maximum Gasteiger partial charge on any atom is 0.352 e. The molecule has 0 radical (unpaired) electrons. The minimum absolute atomic E-state index is 0.267. The monoisotopic (exact) mass is 661 g/mol. The summed E-state index contributed by atoms with van der Waals surface area (Å²) in [6, 6.07) is 28.4. The minimum atomic E-state index is -0.920. The highest BCUT2D eigenvalue weighted by Crippen LogP contribution is 2.39. The summed E-state index contributed by atoms with van der Waals surface area (Å²) >= 11 is 1.69. The van der Waals surface area contributed by atoms with Gasteiger partial charge in [0, 0.05) is 47.0 Å². The van der Waals surface area contributed by atoms with Crippen molar-refractivity contribution < 1.29 is 24.1 Å². The van der Waals surface area contributed by atoms with Crippen LogP contribution >= 0.6 is 11.8 Å². The molecule has 1 N–H and O–H groups in total. The van der Waals surface area contributed by atoms with Crippen LogP contribution in [0.2, 0.25) is 0 Å². The summed E-state index contributed by atoms with van der Waals surface area (Å²) in [6.45, 7) is 2.31. The van der Waals surface area contributed by atoms with Gasteiger partial charge in [0.15, 0.2) is 0 Å². The third kappa shape index (κ3) is 6.28. The van der Waals surface area contributed by atoms with Crippen LogP contribution in [0.1, 0.15) is 46.7 Å². The number of rotatable bonds is 10. The Balaban J connectivity index is 1.26. The number of carbonyl (C=O) groups is 1. The van der Waals surface area contributed by atoms with E-state index in [9.17, 15) is 9.90 Å². The van der Waals surface area contributed by atoms with E-state index >= 15 is 0 Å². The van der Waals surface area contributed by atoms with Crippen LogP contribution in [0, 0.1) is 0 Å². The lowest BCUT2D eigenvalue weighted by Gasteiger charge is -2.13. The Morgan fingerprint density at radius 2 is 1.75 bits per heavy atom. The molecule has 3 heterocycles. The van der Waals surface area contributed by atoms with E-state index in [4.69, 9.17) is 19.3 Å². The molecule has 0 amide bonds. The van der Waals surface area contributed by atoms with Crippen LogP contribution in [0.4, 0.5) is 0 Å². The molecule has 0 bridgehead atoms. The molecule has 9 heteroatoms. The second kappa shape index (κ2) is 14.2. The topological polar surface area (TPSA) is 87.7 Å². The van der Waals surface area contributed by atoms with E-state index in [1.54, 1.807) is 11.8 Å².